The van der Waals surface area contributed by atoms with Crippen molar-refractivity contribution >= 4 is 5.97 Å². The van der Waals surface area contributed by atoms with Gasteiger partial charge in [-0.25, -0.2) is 9.59 Å². The Morgan fingerprint density at radius 1 is 1.03 bits per heavy atom. The number of aromatic carboxylic acids is 1. The molecule has 0 radical (unpaired) electrons. The van der Waals surface area contributed by atoms with Crippen LogP contribution in [0.3, 0.4) is 0 Å². The molecule has 0 saturated heterocycles. The highest BCUT2D eigenvalue weighted by atomic mass is 16.5. The number of aromatic nitrogens is 2. The van der Waals surface area contributed by atoms with Crippen molar-refractivity contribution in [3.8, 4) is 11.3 Å². The minimum Gasteiger partial charge on any atom is -0.477 e. The summed E-state index contributed by atoms with van der Waals surface area (Å²) in [7, 11) is 0. The van der Waals surface area contributed by atoms with Crippen molar-refractivity contribution in [2.45, 2.75) is 44.4 Å². The topological polar surface area (TPSA) is 84.3 Å². The molecule has 1 heterocycles. The quantitative estimate of drug-likeness (QED) is 0.657. The number of rotatable bonds is 6. The molecule has 1 aliphatic carbocycles. The van der Waals surface area contributed by atoms with E-state index >= 15 is 0 Å². The third-order valence-corrected chi connectivity index (χ3v) is 5.50. The molecule has 6 nitrogen and oxygen atoms in total. The van der Waals surface area contributed by atoms with E-state index in [0.717, 1.165) is 31.2 Å². The van der Waals surface area contributed by atoms with E-state index in [0.29, 0.717) is 17.9 Å². The minimum atomic E-state index is -1.14. The third-order valence-electron chi connectivity index (χ3n) is 5.50. The van der Waals surface area contributed by atoms with Crippen molar-refractivity contribution in [2.24, 2.45) is 0 Å². The predicted octanol–water partition coefficient (Wildman–Crippen LogP) is 4.24. The second-order valence-electron chi connectivity index (χ2n) is 7.38. The zero-order valence-electron chi connectivity index (χ0n) is 16.1. The number of ether oxygens (including phenoxy) is 1. The van der Waals surface area contributed by atoms with Gasteiger partial charge in [0.15, 0.2) is 5.69 Å². The highest BCUT2D eigenvalue weighted by Crippen LogP contribution is 2.35. The second kappa shape index (κ2) is 8.49. The number of imidazole rings is 1. The predicted molar refractivity (Wildman–Crippen MR) is 110 cm³/mol. The Labute approximate surface area is 168 Å². The van der Waals surface area contributed by atoms with Crippen molar-refractivity contribution in [1.29, 1.82) is 0 Å². The summed E-state index contributed by atoms with van der Waals surface area (Å²) in [6, 6.07) is 18.9. The molecule has 1 fully saturated rings. The van der Waals surface area contributed by atoms with Crippen LogP contribution < -0.4 is 5.69 Å². The Morgan fingerprint density at radius 2 is 1.69 bits per heavy atom. The van der Waals surface area contributed by atoms with Crippen molar-refractivity contribution < 1.29 is 14.6 Å². The van der Waals surface area contributed by atoms with E-state index < -0.39 is 11.7 Å². The van der Waals surface area contributed by atoms with Gasteiger partial charge in [0.25, 0.3) is 0 Å². The first kappa shape index (κ1) is 19.2. The Bertz CT molecular complexity index is 1020. The van der Waals surface area contributed by atoms with Crippen LogP contribution in [0.5, 0.6) is 0 Å². The molecule has 1 saturated carbocycles. The number of carboxylic acids is 1. The largest absolute Gasteiger partial charge is 0.477 e. The van der Waals surface area contributed by atoms with Gasteiger partial charge in [-0.1, -0.05) is 73.5 Å². The molecule has 0 bridgehead atoms. The molecule has 0 amide bonds. The lowest BCUT2D eigenvalue weighted by Crippen LogP contribution is -2.35. The Hall–Kier alpha value is -3.12. The Balaban J connectivity index is 1.71. The van der Waals surface area contributed by atoms with Gasteiger partial charge in [0, 0.05) is 5.56 Å². The van der Waals surface area contributed by atoms with Crippen LogP contribution in [0.2, 0.25) is 0 Å². The number of aromatic amines is 1. The van der Waals surface area contributed by atoms with Crippen LogP contribution in [-0.4, -0.2) is 26.7 Å². The fourth-order valence-corrected chi connectivity index (χ4v) is 4.14. The number of H-pyrrole nitrogens is 1. The molecule has 150 valence electrons. The molecular weight excluding hydrogens is 368 g/mol. The maximum Gasteiger partial charge on any atom is 0.354 e. The van der Waals surface area contributed by atoms with Gasteiger partial charge in [0.2, 0.25) is 0 Å². The van der Waals surface area contributed by atoms with E-state index in [-0.39, 0.29) is 17.8 Å². The van der Waals surface area contributed by atoms with Crippen molar-refractivity contribution in [1.82, 2.24) is 9.55 Å². The molecular formula is C23H24N2O4. The maximum atomic E-state index is 12.8. The van der Waals surface area contributed by atoms with Crippen LogP contribution in [0, 0.1) is 0 Å². The van der Waals surface area contributed by atoms with Crippen LogP contribution in [0.4, 0.5) is 0 Å². The highest BCUT2D eigenvalue weighted by Gasteiger charge is 2.33. The SMILES string of the molecule is O=C(O)c1[nH]c(=O)n([C@@H]2CCCC[C@H]2OCc2ccccc2)c1-c1ccccc1. The zero-order chi connectivity index (χ0) is 20.2. The fraction of sp³-hybridized carbons (Fsp3) is 0.304. The maximum absolute atomic E-state index is 12.8. The normalized spacial score (nSPS) is 19.2. The number of hydrogen-bond donors (Lipinski definition) is 2. The Morgan fingerprint density at radius 3 is 2.38 bits per heavy atom. The van der Waals surface area contributed by atoms with Gasteiger partial charge in [-0.05, 0) is 18.4 Å². The third kappa shape index (κ3) is 4.03. The summed E-state index contributed by atoms with van der Waals surface area (Å²) >= 11 is 0. The number of carbonyl (C=O) groups is 1. The molecule has 0 spiro atoms. The lowest BCUT2D eigenvalue weighted by atomic mass is 9.91. The first-order valence-electron chi connectivity index (χ1n) is 9.94. The summed E-state index contributed by atoms with van der Waals surface area (Å²) in [5, 5.41) is 9.67. The van der Waals surface area contributed by atoms with Gasteiger partial charge in [-0.15, -0.1) is 0 Å². The van der Waals surface area contributed by atoms with Crippen LogP contribution in [0.15, 0.2) is 65.5 Å². The number of carboxylic acid groups (broad SMARTS) is 1. The first-order valence-corrected chi connectivity index (χ1v) is 9.94. The molecule has 6 heteroatoms. The van der Waals surface area contributed by atoms with Gasteiger partial charge in [-0.3, -0.25) is 9.55 Å². The first-order chi connectivity index (χ1) is 14.1. The molecule has 3 aromatic rings. The molecule has 2 aromatic carbocycles. The van der Waals surface area contributed by atoms with Gasteiger partial charge >= 0.3 is 11.7 Å². The lowest BCUT2D eigenvalue weighted by Gasteiger charge is -2.33. The summed E-state index contributed by atoms with van der Waals surface area (Å²) in [4.78, 5) is 27.2. The average molecular weight is 392 g/mol. The van der Waals surface area contributed by atoms with Crippen LogP contribution in [-0.2, 0) is 11.3 Å². The van der Waals surface area contributed by atoms with Gasteiger partial charge in [0.05, 0.1) is 24.4 Å². The summed E-state index contributed by atoms with van der Waals surface area (Å²) in [5.74, 6) is -1.14. The average Bonchev–Trinajstić information content (AvgIpc) is 3.11. The summed E-state index contributed by atoms with van der Waals surface area (Å²) < 4.78 is 7.84. The summed E-state index contributed by atoms with van der Waals surface area (Å²) in [5.41, 5.74) is 1.72. The molecule has 2 N–H and O–H groups in total. The molecule has 1 aromatic heterocycles. The van der Waals surface area contributed by atoms with E-state index in [2.05, 4.69) is 4.98 Å². The van der Waals surface area contributed by atoms with E-state index in [9.17, 15) is 14.7 Å². The Kier molecular flexibility index (Phi) is 5.62. The summed E-state index contributed by atoms with van der Waals surface area (Å²) in [6.45, 7) is 0.466. The highest BCUT2D eigenvalue weighted by molar-refractivity contribution is 5.93. The van der Waals surface area contributed by atoms with Gasteiger partial charge < -0.3 is 9.84 Å². The van der Waals surface area contributed by atoms with Crippen molar-refractivity contribution in [3.63, 3.8) is 0 Å². The van der Waals surface area contributed by atoms with Crippen molar-refractivity contribution in [2.75, 3.05) is 0 Å². The molecule has 0 aliphatic heterocycles. The lowest BCUT2D eigenvalue weighted by molar-refractivity contribution is -0.0167. The molecule has 29 heavy (non-hydrogen) atoms. The zero-order valence-corrected chi connectivity index (χ0v) is 16.1. The molecule has 2 atom stereocenters. The fourth-order valence-electron chi connectivity index (χ4n) is 4.14. The van der Waals surface area contributed by atoms with Crippen LogP contribution in [0.1, 0.15) is 47.8 Å². The van der Waals surface area contributed by atoms with E-state index in [1.165, 1.54) is 0 Å². The van der Waals surface area contributed by atoms with Gasteiger partial charge in [-0.2, -0.15) is 0 Å². The van der Waals surface area contributed by atoms with E-state index in [1.807, 2.05) is 60.7 Å². The van der Waals surface area contributed by atoms with Crippen molar-refractivity contribution in [3.05, 3.63) is 82.4 Å². The monoisotopic (exact) mass is 392 g/mol. The van der Waals surface area contributed by atoms with Gasteiger partial charge in [0.1, 0.15) is 0 Å². The van der Waals surface area contributed by atoms with Crippen LogP contribution >= 0.6 is 0 Å². The smallest absolute Gasteiger partial charge is 0.354 e. The summed E-state index contributed by atoms with van der Waals surface area (Å²) in [6.07, 6.45) is 3.47. The van der Waals surface area contributed by atoms with E-state index in [4.69, 9.17) is 4.74 Å². The number of benzene rings is 2. The van der Waals surface area contributed by atoms with E-state index in [1.54, 1.807) is 4.57 Å². The molecule has 4 rings (SSSR count). The number of nitrogens with zero attached hydrogens (tertiary/aromatic N) is 1. The molecule has 1 aliphatic rings. The molecule has 0 unspecified atom stereocenters. The minimum absolute atomic E-state index is 0.0754. The number of hydrogen-bond acceptors (Lipinski definition) is 3. The standard InChI is InChI=1S/C23H24N2O4/c26-22(27)20-21(17-11-5-2-6-12-17)25(23(28)24-20)18-13-7-8-14-19(18)29-15-16-9-3-1-4-10-16/h1-6,9-12,18-19H,7-8,13-15H2,(H,24,28)(H,26,27)/t18-,19-/m1/s1. The number of nitrogens with one attached hydrogen (secondary N) is 1. The van der Waals surface area contributed by atoms with Crippen LogP contribution in [0.25, 0.3) is 11.3 Å². The second-order valence-corrected chi connectivity index (χ2v) is 7.38.